The average Bonchev–Trinajstić information content (AvgIpc) is 2.72. The molecular formula is C22H21FN2O4S. The molecule has 3 aromatic carbocycles. The largest absolute Gasteiger partial charge is 0.492 e. The van der Waals surface area contributed by atoms with E-state index < -0.39 is 15.8 Å². The molecule has 0 aliphatic carbocycles. The van der Waals surface area contributed by atoms with Crippen LogP contribution in [0.4, 0.5) is 10.1 Å². The van der Waals surface area contributed by atoms with Crippen LogP contribution in [0.2, 0.25) is 0 Å². The number of anilines is 1. The van der Waals surface area contributed by atoms with Gasteiger partial charge in [0.2, 0.25) is 0 Å². The Balaban J connectivity index is 1.52. The lowest BCUT2D eigenvalue weighted by atomic mass is 10.2. The van der Waals surface area contributed by atoms with Gasteiger partial charge in [-0.05, 0) is 73.2 Å². The minimum absolute atomic E-state index is 0.0562. The molecule has 0 aromatic heterocycles. The number of rotatable bonds is 8. The van der Waals surface area contributed by atoms with Crippen molar-refractivity contribution in [1.82, 2.24) is 5.32 Å². The molecule has 0 aliphatic rings. The van der Waals surface area contributed by atoms with Crippen molar-refractivity contribution in [1.29, 1.82) is 0 Å². The number of amides is 1. The first-order chi connectivity index (χ1) is 14.3. The highest BCUT2D eigenvalue weighted by molar-refractivity contribution is 7.92. The molecule has 0 unspecified atom stereocenters. The normalized spacial score (nSPS) is 11.0. The summed E-state index contributed by atoms with van der Waals surface area (Å²) in [7, 11) is -3.84. The number of carbonyl (C=O) groups is 1. The predicted molar refractivity (Wildman–Crippen MR) is 113 cm³/mol. The lowest BCUT2D eigenvalue weighted by Gasteiger charge is -2.10. The number of sulfonamides is 1. The number of hydrogen-bond acceptors (Lipinski definition) is 4. The maximum atomic E-state index is 13.0. The molecule has 0 atom stereocenters. The van der Waals surface area contributed by atoms with E-state index in [0.29, 0.717) is 24.4 Å². The monoisotopic (exact) mass is 428 g/mol. The van der Waals surface area contributed by atoms with Crippen molar-refractivity contribution >= 4 is 21.6 Å². The number of nitrogens with one attached hydrogen (secondary N) is 2. The summed E-state index contributed by atoms with van der Waals surface area (Å²) in [4.78, 5) is 12.2. The fraction of sp³-hybridized carbons (Fsp3) is 0.136. The van der Waals surface area contributed by atoms with E-state index in [0.717, 1.165) is 23.4 Å². The fourth-order valence-electron chi connectivity index (χ4n) is 2.66. The Morgan fingerprint density at radius 2 is 1.70 bits per heavy atom. The van der Waals surface area contributed by atoms with Gasteiger partial charge in [0.1, 0.15) is 18.2 Å². The van der Waals surface area contributed by atoms with Gasteiger partial charge in [0.05, 0.1) is 11.4 Å². The van der Waals surface area contributed by atoms with E-state index in [1.54, 1.807) is 0 Å². The topological polar surface area (TPSA) is 84.5 Å². The summed E-state index contributed by atoms with van der Waals surface area (Å²) in [5, 5.41) is 2.74. The van der Waals surface area contributed by atoms with Gasteiger partial charge in [-0.2, -0.15) is 0 Å². The van der Waals surface area contributed by atoms with E-state index in [-0.39, 0.29) is 10.8 Å². The molecule has 0 saturated heterocycles. The van der Waals surface area contributed by atoms with Crippen LogP contribution in [0.25, 0.3) is 0 Å². The minimum atomic E-state index is -3.84. The van der Waals surface area contributed by atoms with Gasteiger partial charge < -0.3 is 10.1 Å². The third-order valence-corrected chi connectivity index (χ3v) is 5.57. The SMILES string of the molecule is Cc1cccc(OCCNC(=O)c2ccc(NS(=O)(=O)c3ccc(F)cc3)cc2)c1. The Morgan fingerprint density at radius 1 is 1.00 bits per heavy atom. The molecule has 0 aliphatic heterocycles. The second-order valence-corrected chi connectivity index (χ2v) is 8.24. The number of ether oxygens (including phenoxy) is 1. The first-order valence-corrected chi connectivity index (χ1v) is 10.7. The molecule has 0 radical (unpaired) electrons. The van der Waals surface area contributed by atoms with Gasteiger partial charge in [-0.15, -0.1) is 0 Å². The zero-order chi connectivity index (χ0) is 21.6. The molecule has 3 rings (SSSR count). The first-order valence-electron chi connectivity index (χ1n) is 9.20. The molecule has 0 fully saturated rings. The summed E-state index contributed by atoms with van der Waals surface area (Å²) in [6.45, 7) is 2.62. The number of halogens is 1. The summed E-state index contributed by atoms with van der Waals surface area (Å²) in [5.41, 5.74) is 1.76. The maximum absolute atomic E-state index is 13.0. The van der Waals surface area contributed by atoms with Crippen LogP contribution < -0.4 is 14.8 Å². The maximum Gasteiger partial charge on any atom is 0.261 e. The zero-order valence-corrected chi connectivity index (χ0v) is 17.1. The van der Waals surface area contributed by atoms with Crippen molar-refractivity contribution in [3.05, 3.63) is 89.7 Å². The van der Waals surface area contributed by atoms with Gasteiger partial charge in [0.15, 0.2) is 0 Å². The number of benzene rings is 3. The summed E-state index contributed by atoms with van der Waals surface area (Å²) in [5.74, 6) is -0.0774. The van der Waals surface area contributed by atoms with E-state index in [1.807, 2.05) is 31.2 Å². The fourth-order valence-corrected chi connectivity index (χ4v) is 3.72. The summed E-state index contributed by atoms with van der Waals surface area (Å²) in [6, 6.07) is 18.1. The molecule has 1 amide bonds. The van der Waals surface area contributed by atoms with Crippen molar-refractivity contribution in [2.75, 3.05) is 17.9 Å². The molecule has 156 valence electrons. The van der Waals surface area contributed by atoms with E-state index in [9.17, 15) is 17.6 Å². The molecule has 0 bridgehead atoms. The van der Waals surface area contributed by atoms with Crippen LogP contribution in [-0.2, 0) is 10.0 Å². The first kappa shape index (κ1) is 21.3. The second kappa shape index (κ2) is 9.41. The Labute approximate surface area is 174 Å². The summed E-state index contributed by atoms with van der Waals surface area (Å²) < 4.78 is 45.6. The van der Waals surface area contributed by atoms with Gasteiger partial charge >= 0.3 is 0 Å². The quantitative estimate of drug-likeness (QED) is 0.536. The van der Waals surface area contributed by atoms with Gasteiger partial charge in [-0.3, -0.25) is 9.52 Å². The van der Waals surface area contributed by atoms with E-state index in [4.69, 9.17) is 4.74 Å². The van der Waals surface area contributed by atoms with E-state index in [1.165, 1.54) is 36.4 Å². The van der Waals surface area contributed by atoms with Crippen molar-refractivity contribution in [2.24, 2.45) is 0 Å². The van der Waals surface area contributed by atoms with Crippen LogP contribution in [0, 0.1) is 12.7 Å². The summed E-state index contributed by atoms with van der Waals surface area (Å²) >= 11 is 0. The Kier molecular flexibility index (Phi) is 6.68. The predicted octanol–water partition coefficient (Wildman–Crippen LogP) is 3.74. The Hall–Kier alpha value is -3.39. The Bertz CT molecular complexity index is 1110. The minimum Gasteiger partial charge on any atom is -0.492 e. The van der Waals surface area contributed by atoms with Crippen molar-refractivity contribution in [2.45, 2.75) is 11.8 Å². The lowest BCUT2D eigenvalue weighted by Crippen LogP contribution is -2.28. The van der Waals surface area contributed by atoms with Crippen molar-refractivity contribution < 1.29 is 22.3 Å². The van der Waals surface area contributed by atoms with Gasteiger partial charge in [-0.1, -0.05) is 12.1 Å². The molecule has 3 aromatic rings. The number of carbonyl (C=O) groups excluding carboxylic acids is 1. The highest BCUT2D eigenvalue weighted by Crippen LogP contribution is 2.17. The van der Waals surface area contributed by atoms with Crippen molar-refractivity contribution in [3.8, 4) is 5.75 Å². The highest BCUT2D eigenvalue weighted by Gasteiger charge is 2.14. The third kappa shape index (κ3) is 5.81. The molecular weight excluding hydrogens is 407 g/mol. The standard InChI is InChI=1S/C22H21FN2O4S/c1-16-3-2-4-20(15-16)29-14-13-24-22(26)17-5-9-19(10-6-17)25-30(27,28)21-11-7-18(23)8-12-21/h2-12,15,25H,13-14H2,1H3,(H,24,26). The van der Waals surface area contributed by atoms with Crippen LogP contribution in [0.5, 0.6) is 5.75 Å². The van der Waals surface area contributed by atoms with Crippen LogP contribution in [0.15, 0.2) is 77.7 Å². The molecule has 30 heavy (non-hydrogen) atoms. The molecule has 0 heterocycles. The molecule has 6 nitrogen and oxygen atoms in total. The van der Waals surface area contributed by atoms with Crippen LogP contribution >= 0.6 is 0 Å². The van der Waals surface area contributed by atoms with E-state index in [2.05, 4.69) is 10.0 Å². The number of aryl methyl sites for hydroxylation is 1. The lowest BCUT2D eigenvalue weighted by molar-refractivity contribution is 0.0947. The van der Waals surface area contributed by atoms with Gasteiger partial charge in [0.25, 0.3) is 15.9 Å². The Morgan fingerprint density at radius 3 is 2.37 bits per heavy atom. The third-order valence-electron chi connectivity index (χ3n) is 4.17. The molecule has 2 N–H and O–H groups in total. The summed E-state index contributed by atoms with van der Waals surface area (Å²) in [6.07, 6.45) is 0. The van der Waals surface area contributed by atoms with Gasteiger partial charge in [0, 0.05) is 11.3 Å². The molecule has 8 heteroatoms. The van der Waals surface area contributed by atoms with Crippen molar-refractivity contribution in [3.63, 3.8) is 0 Å². The average molecular weight is 428 g/mol. The smallest absolute Gasteiger partial charge is 0.261 e. The van der Waals surface area contributed by atoms with Crippen LogP contribution in [-0.4, -0.2) is 27.5 Å². The number of hydrogen-bond donors (Lipinski definition) is 2. The van der Waals surface area contributed by atoms with Crippen LogP contribution in [0.1, 0.15) is 15.9 Å². The molecule has 0 spiro atoms. The highest BCUT2D eigenvalue weighted by atomic mass is 32.2. The molecule has 0 saturated carbocycles. The second-order valence-electron chi connectivity index (χ2n) is 6.56. The van der Waals surface area contributed by atoms with Gasteiger partial charge in [-0.25, -0.2) is 12.8 Å². The van der Waals surface area contributed by atoms with Crippen LogP contribution in [0.3, 0.4) is 0 Å². The zero-order valence-electron chi connectivity index (χ0n) is 16.3. The van der Waals surface area contributed by atoms with E-state index >= 15 is 0 Å².